The number of benzene rings is 1. The van der Waals surface area contributed by atoms with Gasteiger partial charge in [-0.2, -0.15) is 0 Å². The van der Waals surface area contributed by atoms with Crippen LogP contribution < -0.4 is 25.3 Å². The number of carbonyl (C=O) groups is 1. The minimum Gasteiger partial charge on any atom is -0.490 e. The summed E-state index contributed by atoms with van der Waals surface area (Å²) in [6, 6.07) is 5.85. The van der Waals surface area contributed by atoms with E-state index in [-0.39, 0.29) is 24.8 Å². The van der Waals surface area contributed by atoms with Gasteiger partial charge < -0.3 is 25.3 Å². The number of rotatable bonds is 5. The highest BCUT2D eigenvalue weighted by Gasteiger charge is 2.25. The van der Waals surface area contributed by atoms with Gasteiger partial charge in [-0.15, -0.1) is 11.3 Å². The Balaban J connectivity index is 1.24. The highest BCUT2D eigenvalue weighted by molar-refractivity contribution is 7.15. The van der Waals surface area contributed by atoms with E-state index < -0.39 is 0 Å². The highest BCUT2D eigenvalue weighted by atomic mass is 32.1. The molecule has 0 radical (unpaired) electrons. The molecule has 27 heavy (non-hydrogen) atoms. The number of hydrogen-bond acceptors (Lipinski definition) is 7. The number of nitrogens with one attached hydrogen (secondary N) is 1. The molecule has 0 saturated heterocycles. The summed E-state index contributed by atoms with van der Waals surface area (Å²) in [4.78, 5) is 17.4. The summed E-state index contributed by atoms with van der Waals surface area (Å²) in [6.45, 7) is 2.14. The summed E-state index contributed by atoms with van der Waals surface area (Å²) in [7, 11) is 0. The second kappa shape index (κ2) is 7.64. The standard InChI is InChI=1S/C19H23N3O4S/c1-11-17(27-19(20)21-11)9-18(23)22-12-2-4-13(5-3-12)26-14-6-7-15-16(8-14)25-10-24-15/h6-8,12-13H,2-5,9-10H2,1H3,(H2,20,21)(H,22,23). The molecule has 2 aliphatic rings. The topological polar surface area (TPSA) is 95.7 Å². The molecule has 4 rings (SSSR count). The van der Waals surface area contributed by atoms with Gasteiger partial charge in [-0.05, 0) is 44.7 Å². The highest BCUT2D eigenvalue weighted by Crippen LogP contribution is 2.36. The number of fused-ring (bicyclic) bond motifs is 1. The predicted octanol–water partition coefficient (Wildman–Crippen LogP) is 2.81. The molecule has 7 nitrogen and oxygen atoms in total. The smallest absolute Gasteiger partial charge is 0.231 e. The number of thiazole rings is 1. The lowest BCUT2D eigenvalue weighted by Crippen LogP contribution is -2.40. The first kappa shape index (κ1) is 17.9. The van der Waals surface area contributed by atoms with Gasteiger partial charge in [0.25, 0.3) is 0 Å². The van der Waals surface area contributed by atoms with Crippen molar-refractivity contribution < 1.29 is 19.0 Å². The molecule has 0 bridgehead atoms. The van der Waals surface area contributed by atoms with Gasteiger partial charge in [-0.3, -0.25) is 4.79 Å². The Bertz CT molecular complexity index is 830. The van der Waals surface area contributed by atoms with Crippen LogP contribution in [-0.2, 0) is 11.2 Å². The Kier molecular flexibility index (Phi) is 5.07. The van der Waals surface area contributed by atoms with Crippen LogP contribution in [0.5, 0.6) is 17.2 Å². The lowest BCUT2D eigenvalue weighted by atomic mass is 9.92. The number of amides is 1. The molecular weight excluding hydrogens is 366 g/mol. The molecule has 1 fully saturated rings. The fourth-order valence-corrected chi connectivity index (χ4v) is 4.34. The molecule has 1 amide bonds. The van der Waals surface area contributed by atoms with Gasteiger partial charge >= 0.3 is 0 Å². The van der Waals surface area contributed by atoms with Gasteiger partial charge in [-0.1, -0.05) is 0 Å². The first-order chi connectivity index (χ1) is 13.1. The zero-order valence-corrected chi connectivity index (χ0v) is 16.0. The molecule has 1 aromatic heterocycles. The van der Waals surface area contributed by atoms with E-state index in [1.807, 2.05) is 25.1 Å². The van der Waals surface area contributed by atoms with Crippen LogP contribution in [-0.4, -0.2) is 29.8 Å². The monoisotopic (exact) mass is 389 g/mol. The van der Waals surface area contributed by atoms with Crippen LogP contribution in [0.4, 0.5) is 5.13 Å². The van der Waals surface area contributed by atoms with Crippen molar-refractivity contribution >= 4 is 22.4 Å². The predicted molar refractivity (Wildman–Crippen MR) is 102 cm³/mol. The lowest BCUT2D eigenvalue weighted by molar-refractivity contribution is -0.121. The molecule has 0 unspecified atom stereocenters. The third-order valence-electron chi connectivity index (χ3n) is 4.92. The number of anilines is 1. The molecule has 1 aliphatic heterocycles. The van der Waals surface area contributed by atoms with Crippen LogP contribution in [0.15, 0.2) is 18.2 Å². The number of carbonyl (C=O) groups excluding carboxylic acids is 1. The molecule has 3 N–H and O–H groups in total. The van der Waals surface area contributed by atoms with Gasteiger partial charge in [0.15, 0.2) is 16.6 Å². The number of nitrogen functional groups attached to an aromatic ring is 1. The quantitative estimate of drug-likeness (QED) is 0.816. The second-order valence-electron chi connectivity index (χ2n) is 6.91. The van der Waals surface area contributed by atoms with Crippen LogP contribution in [0.25, 0.3) is 0 Å². The van der Waals surface area contributed by atoms with Gasteiger partial charge in [0.1, 0.15) is 5.75 Å². The first-order valence-corrected chi connectivity index (χ1v) is 9.96. The van der Waals surface area contributed by atoms with E-state index in [2.05, 4.69) is 10.3 Å². The number of aromatic nitrogens is 1. The molecule has 0 spiro atoms. The summed E-state index contributed by atoms with van der Waals surface area (Å²) >= 11 is 1.38. The lowest BCUT2D eigenvalue weighted by Gasteiger charge is -2.29. The van der Waals surface area contributed by atoms with Crippen LogP contribution >= 0.6 is 11.3 Å². The van der Waals surface area contributed by atoms with Crippen LogP contribution in [0.1, 0.15) is 36.3 Å². The Labute approximate surface area is 161 Å². The number of ether oxygens (including phenoxy) is 3. The molecule has 144 valence electrons. The minimum atomic E-state index is 0.0295. The average molecular weight is 389 g/mol. The summed E-state index contributed by atoms with van der Waals surface area (Å²) in [5.41, 5.74) is 6.54. The number of hydrogen-bond donors (Lipinski definition) is 2. The Morgan fingerprint density at radius 3 is 2.81 bits per heavy atom. The molecule has 8 heteroatoms. The normalized spacial score (nSPS) is 21.1. The van der Waals surface area contributed by atoms with Gasteiger partial charge in [0.05, 0.1) is 18.2 Å². The van der Waals surface area contributed by atoms with Crippen molar-refractivity contribution in [1.29, 1.82) is 0 Å². The maximum Gasteiger partial charge on any atom is 0.231 e. The van der Waals surface area contributed by atoms with E-state index in [9.17, 15) is 4.79 Å². The zero-order chi connectivity index (χ0) is 18.8. The van der Waals surface area contributed by atoms with E-state index in [1.165, 1.54) is 11.3 Å². The molecule has 1 aliphatic carbocycles. The van der Waals surface area contributed by atoms with Crippen LogP contribution in [0, 0.1) is 6.92 Å². The number of aryl methyl sites for hydroxylation is 1. The van der Waals surface area contributed by atoms with E-state index in [4.69, 9.17) is 19.9 Å². The number of nitrogens with zero attached hydrogens (tertiary/aromatic N) is 1. The fraction of sp³-hybridized carbons (Fsp3) is 0.474. The largest absolute Gasteiger partial charge is 0.490 e. The molecule has 1 aromatic carbocycles. The van der Waals surface area contributed by atoms with Crippen molar-refractivity contribution in [2.75, 3.05) is 12.5 Å². The first-order valence-electron chi connectivity index (χ1n) is 9.14. The maximum absolute atomic E-state index is 12.3. The molecular formula is C19H23N3O4S. The average Bonchev–Trinajstić information content (AvgIpc) is 3.22. The molecule has 0 atom stereocenters. The molecule has 2 heterocycles. The van der Waals surface area contributed by atoms with E-state index in [0.29, 0.717) is 11.6 Å². The van der Waals surface area contributed by atoms with Crippen LogP contribution in [0.3, 0.4) is 0 Å². The fourth-order valence-electron chi connectivity index (χ4n) is 3.51. The Hall–Kier alpha value is -2.48. The minimum absolute atomic E-state index is 0.0295. The van der Waals surface area contributed by atoms with Crippen molar-refractivity contribution in [3.05, 3.63) is 28.8 Å². The van der Waals surface area contributed by atoms with Gasteiger partial charge in [0.2, 0.25) is 12.7 Å². The van der Waals surface area contributed by atoms with E-state index >= 15 is 0 Å². The van der Waals surface area contributed by atoms with Crippen molar-refractivity contribution in [3.8, 4) is 17.2 Å². The van der Waals surface area contributed by atoms with Gasteiger partial charge in [0, 0.05) is 17.0 Å². The van der Waals surface area contributed by atoms with Crippen LogP contribution in [0.2, 0.25) is 0 Å². The molecule has 2 aromatic rings. The van der Waals surface area contributed by atoms with Gasteiger partial charge in [-0.25, -0.2) is 4.98 Å². The maximum atomic E-state index is 12.3. The molecule has 1 saturated carbocycles. The summed E-state index contributed by atoms with van der Waals surface area (Å²) in [5, 5.41) is 3.64. The summed E-state index contributed by atoms with van der Waals surface area (Å²) in [5.74, 6) is 2.31. The van der Waals surface area contributed by atoms with Crippen molar-refractivity contribution in [3.63, 3.8) is 0 Å². The summed E-state index contributed by atoms with van der Waals surface area (Å²) < 4.78 is 16.8. The SMILES string of the molecule is Cc1nc(N)sc1CC(=O)NC1CCC(Oc2ccc3c(c2)OCO3)CC1. The third kappa shape index (κ3) is 4.27. The van der Waals surface area contributed by atoms with E-state index in [1.54, 1.807) is 0 Å². The van der Waals surface area contributed by atoms with Crippen molar-refractivity contribution in [1.82, 2.24) is 10.3 Å². The number of nitrogens with two attached hydrogens (primary N) is 1. The third-order valence-corrected chi connectivity index (χ3v) is 5.90. The zero-order valence-electron chi connectivity index (χ0n) is 15.2. The van der Waals surface area contributed by atoms with Crippen molar-refractivity contribution in [2.24, 2.45) is 0 Å². The van der Waals surface area contributed by atoms with E-state index in [0.717, 1.165) is 53.5 Å². The second-order valence-corrected chi connectivity index (χ2v) is 8.03. The summed E-state index contributed by atoms with van der Waals surface area (Å²) in [6.07, 6.45) is 4.13. The Morgan fingerprint density at radius 1 is 1.30 bits per heavy atom. The Morgan fingerprint density at radius 2 is 2.07 bits per heavy atom. The van der Waals surface area contributed by atoms with Crippen molar-refractivity contribution in [2.45, 2.75) is 51.2 Å².